The van der Waals surface area contributed by atoms with Gasteiger partial charge in [-0.05, 0) is 57.7 Å². The first-order valence-corrected chi connectivity index (χ1v) is 9.13. The third-order valence-corrected chi connectivity index (χ3v) is 5.14. The minimum absolute atomic E-state index is 0.347. The van der Waals surface area contributed by atoms with Crippen LogP contribution in [0.25, 0.3) is 0 Å². The van der Waals surface area contributed by atoms with Crippen LogP contribution in [0.1, 0.15) is 47.8 Å². The lowest BCUT2D eigenvalue weighted by atomic mass is 10.0. The van der Waals surface area contributed by atoms with E-state index in [1.54, 1.807) is 7.11 Å². The Morgan fingerprint density at radius 1 is 1.36 bits per heavy atom. The van der Waals surface area contributed by atoms with Crippen LogP contribution in [0.3, 0.4) is 0 Å². The minimum Gasteiger partial charge on any atom is -0.497 e. The van der Waals surface area contributed by atoms with E-state index in [4.69, 9.17) is 9.47 Å². The molecule has 1 aromatic carbocycles. The van der Waals surface area contributed by atoms with Crippen molar-refractivity contribution in [2.75, 3.05) is 20.3 Å². The molecule has 0 bridgehead atoms. The van der Waals surface area contributed by atoms with Crippen molar-refractivity contribution < 1.29 is 9.47 Å². The maximum Gasteiger partial charge on any atom is 0.127 e. The molecule has 0 radical (unpaired) electrons. The molecule has 0 aliphatic carbocycles. The number of ether oxygens (including phenoxy) is 2. The second-order valence-electron chi connectivity index (χ2n) is 6.78. The quantitative estimate of drug-likeness (QED) is 0.816. The number of nitrogens with one attached hydrogen (secondary N) is 1. The highest BCUT2D eigenvalue weighted by Crippen LogP contribution is 2.34. The summed E-state index contributed by atoms with van der Waals surface area (Å²) < 4.78 is 13.2. The molecular formula is C20H29N3O2. The number of rotatable bonds is 6. The molecule has 1 N–H and O–H groups in total. The number of benzene rings is 1. The van der Waals surface area contributed by atoms with Gasteiger partial charge in [-0.15, -0.1) is 0 Å². The van der Waals surface area contributed by atoms with Gasteiger partial charge in [0.15, 0.2) is 0 Å². The van der Waals surface area contributed by atoms with Gasteiger partial charge in [0.1, 0.15) is 11.5 Å². The third kappa shape index (κ3) is 3.98. The van der Waals surface area contributed by atoms with Crippen LogP contribution in [-0.4, -0.2) is 30.0 Å². The van der Waals surface area contributed by atoms with Crippen LogP contribution >= 0.6 is 0 Å². The van der Waals surface area contributed by atoms with Gasteiger partial charge in [0.25, 0.3) is 0 Å². The van der Waals surface area contributed by atoms with Crippen molar-refractivity contribution in [2.24, 2.45) is 7.05 Å². The fourth-order valence-electron chi connectivity index (χ4n) is 3.61. The predicted octanol–water partition coefficient (Wildman–Crippen LogP) is 3.48. The van der Waals surface area contributed by atoms with Gasteiger partial charge < -0.3 is 14.8 Å². The zero-order valence-corrected chi connectivity index (χ0v) is 15.8. The zero-order chi connectivity index (χ0) is 17.8. The molecule has 1 aliphatic heterocycles. The number of aryl methyl sites for hydroxylation is 2. The molecule has 5 heteroatoms. The van der Waals surface area contributed by atoms with Crippen molar-refractivity contribution in [2.45, 2.75) is 45.6 Å². The van der Waals surface area contributed by atoms with Crippen molar-refractivity contribution in [3.8, 4) is 11.5 Å². The normalized spacial score (nSPS) is 16.9. The summed E-state index contributed by atoms with van der Waals surface area (Å²) in [6.45, 7) is 6.01. The van der Waals surface area contributed by atoms with Gasteiger partial charge >= 0.3 is 0 Å². The molecule has 0 fully saturated rings. The molecule has 5 nitrogen and oxygen atoms in total. The lowest BCUT2D eigenvalue weighted by molar-refractivity contribution is 0.313. The fraction of sp³-hybridized carbons (Fsp3) is 0.550. The van der Waals surface area contributed by atoms with E-state index in [0.29, 0.717) is 6.04 Å². The van der Waals surface area contributed by atoms with E-state index in [1.807, 2.05) is 23.9 Å². The zero-order valence-electron chi connectivity index (χ0n) is 15.8. The first-order chi connectivity index (χ1) is 12.1. The van der Waals surface area contributed by atoms with E-state index in [1.165, 1.54) is 16.8 Å². The Kier molecular flexibility index (Phi) is 5.63. The number of fused-ring (bicyclic) bond motifs is 1. The molecule has 136 valence electrons. The highest BCUT2D eigenvalue weighted by Gasteiger charge is 2.20. The van der Waals surface area contributed by atoms with Crippen LogP contribution in [0.4, 0.5) is 0 Å². The minimum atomic E-state index is 0.347. The van der Waals surface area contributed by atoms with Crippen LogP contribution in [0.15, 0.2) is 18.2 Å². The van der Waals surface area contributed by atoms with Crippen molar-refractivity contribution >= 4 is 0 Å². The summed E-state index contributed by atoms with van der Waals surface area (Å²) >= 11 is 0. The Hall–Kier alpha value is -2.01. The Morgan fingerprint density at radius 3 is 2.92 bits per heavy atom. The molecule has 1 aromatic heterocycles. The van der Waals surface area contributed by atoms with E-state index >= 15 is 0 Å². The summed E-state index contributed by atoms with van der Waals surface area (Å²) in [5.74, 6) is 1.80. The van der Waals surface area contributed by atoms with Gasteiger partial charge in [-0.2, -0.15) is 5.10 Å². The van der Waals surface area contributed by atoms with E-state index < -0.39 is 0 Å². The highest BCUT2D eigenvalue weighted by molar-refractivity contribution is 5.43. The van der Waals surface area contributed by atoms with Crippen molar-refractivity contribution in [1.29, 1.82) is 0 Å². The van der Waals surface area contributed by atoms with Crippen LogP contribution in [0, 0.1) is 13.8 Å². The molecule has 25 heavy (non-hydrogen) atoms. The number of hydrogen-bond acceptors (Lipinski definition) is 4. The van der Waals surface area contributed by atoms with Gasteiger partial charge in [-0.1, -0.05) is 6.07 Å². The van der Waals surface area contributed by atoms with Crippen LogP contribution < -0.4 is 14.8 Å². The lowest BCUT2D eigenvalue weighted by Crippen LogP contribution is -2.22. The van der Waals surface area contributed by atoms with Crippen molar-refractivity contribution in [1.82, 2.24) is 15.1 Å². The topological polar surface area (TPSA) is 48.3 Å². The Bertz CT molecular complexity index is 724. The van der Waals surface area contributed by atoms with E-state index in [0.717, 1.165) is 56.0 Å². The van der Waals surface area contributed by atoms with E-state index in [9.17, 15) is 0 Å². The summed E-state index contributed by atoms with van der Waals surface area (Å²) in [5.41, 5.74) is 5.06. The van der Waals surface area contributed by atoms with Gasteiger partial charge in [-0.3, -0.25) is 4.68 Å². The molecule has 3 rings (SSSR count). The molecule has 0 amide bonds. The largest absolute Gasteiger partial charge is 0.497 e. The predicted molar refractivity (Wildman–Crippen MR) is 99.5 cm³/mol. The molecular weight excluding hydrogens is 314 g/mol. The average molecular weight is 343 g/mol. The number of aromatic nitrogens is 2. The summed E-state index contributed by atoms with van der Waals surface area (Å²) in [6, 6.07) is 6.49. The second kappa shape index (κ2) is 7.91. The van der Waals surface area contributed by atoms with Gasteiger partial charge in [0.05, 0.1) is 19.4 Å². The van der Waals surface area contributed by atoms with Gasteiger partial charge in [-0.25, -0.2) is 0 Å². The summed E-state index contributed by atoms with van der Waals surface area (Å²) in [6.07, 6.45) is 4.34. The maximum atomic E-state index is 5.90. The molecule has 0 saturated heterocycles. The smallest absolute Gasteiger partial charge is 0.127 e. The summed E-state index contributed by atoms with van der Waals surface area (Å²) in [7, 11) is 3.71. The fourth-order valence-corrected chi connectivity index (χ4v) is 3.61. The maximum absolute atomic E-state index is 5.90. The number of hydrogen-bond donors (Lipinski definition) is 1. The van der Waals surface area contributed by atoms with Gasteiger partial charge in [0.2, 0.25) is 0 Å². The standard InChI is InChI=1S/C20H29N3O2/c1-14-17(15(2)23(3)22-14)7-5-11-21-19-8-6-12-25-20-13-16(24-4)9-10-18(19)20/h9-10,13,19,21H,5-8,11-12H2,1-4H3/t19-/m0/s1. The third-order valence-electron chi connectivity index (χ3n) is 5.14. The first kappa shape index (κ1) is 17.8. The Balaban J connectivity index is 1.60. The molecule has 1 aliphatic rings. The molecule has 0 unspecified atom stereocenters. The highest BCUT2D eigenvalue weighted by atomic mass is 16.5. The SMILES string of the molecule is COc1ccc2c(c1)OCCC[C@@H]2NCCCc1c(C)nn(C)c1C. The molecule has 2 heterocycles. The average Bonchev–Trinajstić information content (AvgIpc) is 2.78. The van der Waals surface area contributed by atoms with Crippen molar-refractivity contribution in [3.63, 3.8) is 0 Å². The van der Waals surface area contributed by atoms with E-state index in [-0.39, 0.29) is 0 Å². The Morgan fingerprint density at radius 2 is 2.20 bits per heavy atom. The summed E-state index contributed by atoms with van der Waals surface area (Å²) in [5, 5.41) is 8.23. The molecule has 2 aromatic rings. The number of methoxy groups -OCH3 is 1. The molecule has 0 saturated carbocycles. The number of nitrogens with zero attached hydrogens (tertiary/aromatic N) is 2. The van der Waals surface area contributed by atoms with Crippen LogP contribution in [0.2, 0.25) is 0 Å². The molecule has 1 atom stereocenters. The summed E-state index contributed by atoms with van der Waals surface area (Å²) in [4.78, 5) is 0. The second-order valence-corrected chi connectivity index (χ2v) is 6.78. The molecule has 0 spiro atoms. The van der Waals surface area contributed by atoms with E-state index in [2.05, 4.69) is 30.3 Å². The van der Waals surface area contributed by atoms with Crippen molar-refractivity contribution in [3.05, 3.63) is 40.7 Å². The first-order valence-electron chi connectivity index (χ1n) is 9.13. The lowest BCUT2D eigenvalue weighted by Gasteiger charge is -2.19. The monoisotopic (exact) mass is 343 g/mol. The Labute approximate surface area is 150 Å². The van der Waals surface area contributed by atoms with Gasteiger partial charge in [0, 0.05) is 30.4 Å². The van der Waals surface area contributed by atoms with Crippen LogP contribution in [-0.2, 0) is 13.5 Å². The van der Waals surface area contributed by atoms with Crippen LogP contribution in [0.5, 0.6) is 11.5 Å².